The van der Waals surface area contributed by atoms with E-state index in [1.165, 1.54) is 10.7 Å². The molecule has 6 nitrogen and oxygen atoms in total. The SMILES string of the molecule is Cc1cccc(C(CNC(=O)c2nn(-c3ccccc3F)cc2C)C(=O)O)c1. The molecule has 0 aliphatic rings. The summed E-state index contributed by atoms with van der Waals surface area (Å²) in [5.41, 5.74) is 2.46. The van der Waals surface area contributed by atoms with Gasteiger partial charge >= 0.3 is 5.97 Å². The summed E-state index contributed by atoms with van der Waals surface area (Å²) in [4.78, 5) is 24.2. The van der Waals surface area contributed by atoms with Crippen molar-refractivity contribution in [1.82, 2.24) is 15.1 Å². The molecule has 1 aromatic heterocycles. The number of carbonyl (C=O) groups is 2. The maximum Gasteiger partial charge on any atom is 0.312 e. The minimum Gasteiger partial charge on any atom is -0.481 e. The summed E-state index contributed by atoms with van der Waals surface area (Å²) in [6.45, 7) is 3.48. The molecule has 0 aliphatic carbocycles. The highest BCUT2D eigenvalue weighted by molar-refractivity contribution is 5.94. The lowest BCUT2D eigenvalue weighted by Crippen LogP contribution is -2.32. The third-order valence-corrected chi connectivity index (χ3v) is 4.42. The van der Waals surface area contributed by atoms with Gasteiger partial charge in [0.05, 0.1) is 5.92 Å². The number of halogens is 1. The molecule has 144 valence electrons. The summed E-state index contributed by atoms with van der Waals surface area (Å²) in [6.07, 6.45) is 1.56. The average molecular weight is 381 g/mol. The molecule has 0 radical (unpaired) electrons. The normalized spacial score (nSPS) is 11.8. The number of nitrogens with one attached hydrogen (secondary N) is 1. The number of carbonyl (C=O) groups excluding carboxylic acids is 1. The van der Waals surface area contributed by atoms with Crippen molar-refractivity contribution in [3.05, 3.63) is 82.9 Å². The molecule has 0 bridgehead atoms. The third-order valence-electron chi connectivity index (χ3n) is 4.42. The zero-order valence-corrected chi connectivity index (χ0v) is 15.5. The number of aryl methyl sites for hydroxylation is 2. The van der Waals surface area contributed by atoms with E-state index >= 15 is 0 Å². The van der Waals surface area contributed by atoms with Crippen molar-refractivity contribution in [2.75, 3.05) is 6.54 Å². The van der Waals surface area contributed by atoms with Crippen molar-refractivity contribution >= 4 is 11.9 Å². The monoisotopic (exact) mass is 381 g/mol. The highest BCUT2D eigenvalue weighted by atomic mass is 19.1. The van der Waals surface area contributed by atoms with Gasteiger partial charge in [-0.3, -0.25) is 9.59 Å². The van der Waals surface area contributed by atoms with E-state index in [9.17, 15) is 19.1 Å². The van der Waals surface area contributed by atoms with Crippen molar-refractivity contribution < 1.29 is 19.1 Å². The Balaban J connectivity index is 1.78. The molecule has 3 aromatic rings. The van der Waals surface area contributed by atoms with E-state index in [-0.39, 0.29) is 17.9 Å². The fourth-order valence-electron chi connectivity index (χ4n) is 2.96. The maximum atomic E-state index is 14.0. The summed E-state index contributed by atoms with van der Waals surface area (Å²) in [7, 11) is 0. The zero-order chi connectivity index (χ0) is 20.3. The summed E-state index contributed by atoms with van der Waals surface area (Å²) in [5, 5.41) is 16.3. The quantitative estimate of drug-likeness (QED) is 0.687. The van der Waals surface area contributed by atoms with E-state index in [0.29, 0.717) is 11.1 Å². The first kappa shape index (κ1) is 19.3. The van der Waals surface area contributed by atoms with Gasteiger partial charge in [-0.25, -0.2) is 9.07 Å². The van der Waals surface area contributed by atoms with E-state index in [1.807, 2.05) is 13.0 Å². The highest BCUT2D eigenvalue weighted by Gasteiger charge is 2.23. The molecule has 7 heteroatoms. The second-order valence-electron chi connectivity index (χ2n) is 6.57. The van der Waals surface area contributed by atoms with E-state index in [0.717, 1.165) is 5.56 Å². The van der Waals surface area contributed by atoms with Gasteiger partial charge in [-0.05, 0) is 31.5 Å². The van der Waals surface area contributed by atoms with Gasteiger partial charge in [0.1, 0.15) is 11.5 Å². The van der Waals surface area contributed by atoms with Crippen molar-refractivity contribution in [2.24, 2.45) is 0 Å². The van der Waals surface area contributed by atoms with Crippen LogP contribution in [0.25, 0.3) is 5.69 Å². The van der Waals surface area contributed by atoms with Gasteiger partial charge in [-0.2, -0.15) is 5.10 Å². The molecular formula is C21H20FN3O3. The number of aliphatic carboxylic acids is 1. The van der Waals surface area contributed by atoms with Gasteiger partial charge in [0.2, 0.25) is 0 Å². The van der Waals surface area contributed by atoms with Crippen molar-refractivity contribution in [3.8, 4) is 5.69 Å². The molecule has 2 N–H and O–H groups in total. The number of nitrogens with zero attached hydrogens (tertiary/aromatic N) is 2. The second kappa shape index (κ2) is 8.04. The molecule has 0 aliphatic heterocycles. The number of hydrogen-bond acceptors (Lipinski definition) is 3. The van der Waals surface area contributed by atoms with Crippen molar-refractivity contribution in [2.45, 2.75) is 19.8 Å². The number of hydrogen-bond donors (Lipinski definition) is 2. The topological polar surface area (TPSA) is 84.2 Å². The number of aromatic nitrogens is 2. The Labute approximate surface area is 161 Å². The number of benzene rings is 2. The Bertz CT molecular complexity index is 1030. The molecule has 0 fully saturated rings. The van der Waals surface area contributed by atoms with Crippen molar-refractivity contribution in [1.29, 1.82) is 0 Å². The predicted octanol–water partition coefficient (Wildman–Crippen LogP) is 3.23. The van der Waals surface area contributed by atoms with Crippen LogP contribution in [0.5, 0.6) is 0 Å². The number of amides is 1. The van der Waals surface area contributed by atoms with Gasteiger partial charge in [-0.1, -0.05) is 42.0 Å². The fraction of sp³-hybridized carbons (Fsp3) is 0.190. The Hall–Kier alpha value is -3.48. The van der Waals surface area contributed by atoms with Crippen LogP contribution in [0.4, 0.5) is 4.39 Å². The first-order chi connectivity index (χ1) is 13.4. The molecule has 0 saturated heterocycles. The maximum absolute atomic E-state index is 14.0. The molecule has 0 spiro atoms. The minimum atomic E-state index is -1.03. The molecule has 1 amide bonds. The predicted molar refractivity (Wildman–Crippen MR) is 102 cm³/mol. The summed E-state index contributed by atoms with van der Waals surface area (Å²) >= 11 is 0. The first-order valence-electron chi connectivity index (χ1n) is 8.75. The fourth-order valence-corrected chi connectivity index (χ4v) is 2.96. The molecule has 3 rings (SSSR count). The van der Waals surface area contributed by atoms with Crippen LogP contribution in [0.15, 0.2) is 54.7 Å². The lowest BCUT2D eigenvalue weighted by atomic mass is 9.97. The summed E-state index contributed by atoms with van der Waals surface area (Å²) in [6, 6.07) is 13.3. The molecular weight excluding hydrogens is 361 g/mol. The second-order valence-corrected chi connectivity index (χ2v) is 6.57. The number of rotatable bonds is 6. The largest absolute Gasteiger partial charge is 0.481 e. The van der Waals surface area contributed by atoms with Crippen LogP contribution in [0, 0.1) is 19.7 Å². The number of para-hydroxylation sites is 1. The summed E-state index contributed by atoms with van der Waals surface area (Å²) in [5.74, 6) is -2.87. The minimum absolute atomic E-state index is 0.0797. The molecule has 0 saturated carbocycles. The van der Waals surface area contributed by atoms with Gasteiger partial charge in [-0.15, -0.1) is 0 Å². The molecule has 1 unspecified atom stereocenters. The van der Waals surface area contributed by atoms with Gasteiger partial charge < -0.3 is 10.4 Å². The number of carboxylic acids is 1. The van der Waals surface area contributed by atoms with Crippen LogP contribution in [-0.4, -0.2) is 33.3 Å². The number of carboxylic acid groups (broad SMARTS) is 1. The summed E-state index contributed by atoms with van der Waals surface area (Å²) < 4.78 is 15.3. The Morgan fingerprint density at radius 3 is 2.61 bits per heavy atom. The lowest BCUT2D eigenvalue weighted by Gasteiger charge is -2.14. The first-order valence-corrected chi connectivity index (χ1v) is 8.75. The Morgan fingerprint density at radius 2 is 1.93 bits per heavy atom. The van der Waals surface area contributed by atoms with Crippen LogP contribution in [0.1, 0.15) is 33.1 Å². The van der Waals surface area contributed by atoms with Crippen molar-refractivity contribution in [3.63, 3.8) is 0 Å². The van der Waals surface area contributed by atoms with Crippen LogP contribution in [-0.2, 0) is 4.79 Å². The van der Waals surface area contributed by atoms with E-state index in [4.69, 9.17) is 0 Å². The standard InChI is InChI=1S/C21H20FN3O3/c1-13-6-5-7-15(10-13)16(21(27)28)11-23-20(26)19-14(2)12-25(24-19)18-9-4-3-8-17(18)22/h3-10,12,16H,11H2,1-2H3,(H,23,26)(H,27,28). The smallest absolute Gasteiger partial charge is 0.312 e. The molecule has 1 heterocycles. The van der Waals surface area contributed by atoms with Gasteiger partial charge in [0.25, 0.3) is 5.91 Å². The van der Waals surface area contributed by atoms with Crippen LogP contribution in [0.2, 0.25) is 0 Å². The van der Waals surface area contributed by atoms with Crippen LogP contribution < -0.4 is 5.32 Å². The molecule has 2 aromatic carbocycles. The van der Waals surface area contributed by atoms with Crippen LogP contribution in [0.3, 0.4) is 0 Å². The Morgan fingerprint density at radius 1 is 1.18 bits per heavy atom. The van der Waals surface area contributed by atoms with Gasteiger partial charge in [0, 0.05) is 18.3 Å². The van der Waals surface area contributed by atoms with Crippen LogP contribution >= 0.6 is 0 Å². The molecule has 1 atom stereocenters. The zero-order valence-electron chi connectivity index (χ0n) is 15.5. The van der Waals surface area contributed by atoms with Gasteiger partial charge in [0.15, 0.2) is 5.69 Å². The highest BCUT2D eigenvalue weighted by Crippen LogP contribution is 2.18. The van der Waals surface area contributed by atoms with E-state index in [2.05, 4.69) is 10.4 Å². The van der Waals surface area contributed by atoms with E-state index < -0.39 is 23.6 Å². The van der Waals surface area contributed by atoms with E-state index in [1.54, 1.807) is 49.5 Å². The lowest BCUT2D eigenvalue weighted by molar-refractivity contribution is -0.138. The third kappa shape index (κ3) is 4.09. The Kier molecular flexibility index (Phi) is 5.54. The average Bonchev–Trinajstić information content (AvgIpc) is 3.03. The molecule has 28 heavy (non-hydrogen) atoms.